The van der Waals surface area contributed by atoms with E-state index in [1.54, 1.807) is 0 Å². The molecule has 2 rings (SSSR count). The van der Waals surface area contributed by atoms with Crippen molar-refractivity contribution in [3.63, 3.8) is 0 Å². The quantitative estimate of drug-likeness (QED) is 0.858. The lowest BCUT2D eigenvalue weighted by molar-refractivity contribution is 0.561. The highest BCUT2D eigenvalue weighted by molar-refractivity contribution is 9.10. The van der Waals surface area contributed by atoms with Crippen molar-refractivity contribution < 1.29 is 0 Å². The summed E-state index contributed by atoms with van der Waals surface area (Å²) in [6.07, 6.45) is 5.03. The van der Waals surface area contributed by atoms with E-state index in [9.17, 15) is 0 Å². The van der Waals surface area contributed by atoms with Crippen LogP contribution in [-0.4, -0.2) is 23.1 Å². The molecule has 0 aliphatic carbocycles. The van der Waals surface area contributed by atoms with E-state index in [0.717, 1.165) is 29.2 Å². The molecule has 1 aromatic heterocycles. The Morgan fingerprint density at radius 1 is 1.05 bits per heavy atom. The van der Waals surface area contributed by atoms with Crippen molar-refractivity contribution in [1.29, 1.82) is 0 Å². The Labute approximate surface area is 123 Å². The number of rotatable bonds is 1. The van der Waals surface area contributed by atoms with E-state index in [4.69, 9.17) is 10.7 Å². The zero-order valence-electron chi connectivity index (χ0n) is 12.0. The van der Waals surface area contributed by atoms with Gasteiger partial charge in [0.25, 0.3) is 0 Å². The van der Waals surface area contributed by atoms with Crippen LogP contribution in [0.25, 0.3) is 0 Å². The summed E-state index contributed by atoms with van der Waals surface area (Å²) >= 11 is 3.52. The molecular formula is C14H23BrN4. The van der Waals surface area contributed by atoms with E-state index < -0.39 is 0 Å². The van der Waals surface area contributed by atoms with E-state index in [1.165, 1.54) is 25.7 Å². The van der Waals surface area contributed by atoms with E-state index in [0.29, 0.717) is 5.82 Å². The number of hydrogen-bond donors (Lipinski definition) is 1. The second-order valence-electron chi connectivity index (χ2n) is 6.22. The van der Waals surface area contributed by atoms with Crippen LogP contribution in [0.15, 0.2) is 4.47 Å². The van der Waals surface area contributed by atoms with Crippen molar-refractivity contribution in [2.75, 3.05) is 23.7 Å². The van der Waals surface area contributed by atoms with Gasteiger partial charge in [-0.2, -0.15) is 4.98 Å². The molecule has 2 N–H and O–H groups in total. The molecule has 0 amide bonds. The van der Waals surface area contributed by atoms with E-state index >= 15 is 0 Å². The molecule has 19 heavy (non-hydrogen) atoms. The standard InChI is InChI=1S/C14H23BrN4/c1-14(2,3)11-10(15)12(16)18-13(17-11)19-8-6-4-5-7-9-19/h4-9H2,1-3H3,(H2,16,17,18). The molecule has 5 heteroatoms. The number of nitrogens with two attached hydrogens (primary N) is 1. The van der Waals surface area contributed by atoms with Crippen molar-refractivity contribution in [3.05, 3.63) is 10.2 Å². The molecule has 0 radical (unpaired) electrons. The fourth-order valence-corrected chi connectivity index (χ4v) is 3.13. The van der Waals surface area contributed by atoms with Gasteiger partial charge in [-0.05, 0) is 28.8 Å². The molecule has 1 aliphatic heterocycles. The van der Waals surface area contributed by atoms with Gasteiger partial charge in [0.2, 0.25) is 5.95 Å². The van der Waals surface area contributed by atoms with Crippen molar-refractivity contribution in [2.45, 2.75) is 51.9 Å². The Hall–Kier alpha value is -0.840. The summed E-state index contributed by atoms with van der Waals surface area (Å²) in [5, 5.41) is 0. The molecule has 2 heterocycles. The fraction of sp³-hybridized carbons (Fsp3) is 0.714. The Kier molecular flexibility index (Phi) is 4.33. The van der Waals surface area contributed by atoms with Crippen molar-refractivity contribution in [3.8, 4) is 0 Å². The van der Waals surface area contributed by atoms with Gasteiger partial charge < -0.3 is 10.6 Å². The molecule has 0 spiro atoms. The highest BCUT2D eigenvalue weighted by atomic mass is 79.9. The molecule has 4 nitrogen and oxygen atoms in total. The van der Waals surface area contributed by atoms with Crippen LogP contribution in [0.1, 0.15) is 52.1 Å². The SMILES string of the molecule is CC(C)(C)c1nc(N2CCCCCC2)nc(N)c1Br. The van der Waals surface area contributed by atoms with Gasteiger partial charge in [-0.15, -0.1) is 0 Å². The normalized spacial score (nSPS) is 17.4. The summed E-state index contributed by atoms with van der Waals surface area (Å²) in [5.74, 6) is 1.33. The zero-order chi connectivity index (χ0) is 14.0. The van der Waals surface area contributed by atoms with Gasteiger partial charge in [0.05, 0.1) is 10.2 Å². The highest BCUT2D eigenvalue weighted by Crippen LogP contribution is 2.33. The molecule has 0 aromatic carbocycles. The molecule has 0 saturated carbocycles. The summed E-state index contributed by atoms with van der Waals surface area (Å²) in [6, 6.07) is 0. The van der Waals surface area contributed by atoms with Gasteiger partial charge in [0, 0.05) is 18.5 Å². The number of halogens is 1. The Balaban J connectivity index is 2.38. The van der Waals surface area contributed by atoms with Gasteiger partial charge in [-0.3, -0.25) is 0 Å². The lowest BCUT2D eigenvalue weighted by atomic mass is 9.92. The first-order chi connectivity index (χ1) is 8.89. The highest BCUT2D eigenvalue weighted by Gasteiger charge is 2.24. The van der Waals surface area contributed by atoms with Gasteiger partial charge in [0.15, 0.2) is 0 Å². The molecule has 0 unspecified atom stereocenters. The third kappa shape index (κ3) is 3.38. The maximum absolute atomic E-state index is 6.04. The molecular weight excluding hydrogens is 304 g/mol. The van der Waals surface area contributed by atoms with Crippen molar-refractivity contribution in [1.82, 2.24) is 9.97 Å². The molecule has 1 fully saturated rings. The van der Waals surface area contributed by atoms with Gasteiger partial charge in [-0.1, -0.05) is 33.6 Å². The van der Waals surface area contributed by atoms with E-state index in [1.807, 2.05) is 0 Å². The predicted octanol–water partition coefficient (Wildman–Crippen LogP) is 3.50. The first-order valence-electron chi connectivity index (χ1n) is 6.98. The minimum atomic E-state index is -0.0451. The van der Waals surface area contributed by atoms with Crippen LogP contribution in [0.2, 0.25) is 0 Å². The van der Waals surface area contributed by atoms with Gasteiger partial charge in [0.1, 0.15) is 5.82 Å². The number of hydrogen-bond acceptors (Lipinski definition) is 4. The summed E-state index contributed by atoms with van der Waals surface area (Å²) < 4.78 is 0.832. The Morgan fingerprint density at radius 3 is 2.16 bits per heavy atom. The third-order valence-electron chi connectivity index (χ3n) is 3.46. The fourth-order valence-electron chi connectivity index (χ4n) is 2.36. The van der Waals surface area contributed by atoms with Crippen LogP contribution < -0.4 is 10.6 Å². The Morgan fingerprint density at radius 2 is 1.63 bits per heavy atom. The van der Waals surface area contributed by atoms with Gasteiger partial charge in [-0.25, -0.2) is 4.98 Å². The first kappa shape index (κ1) is 14.6. The van der Waals surface area contributed by atoms with Crippen LogP contribution in [0, 0.1) is 0 Å². The molecule has 106 valence electrons. The molecule has 1 aromatic rings. The average Bonchev–Trinajstić information content (AvgIpc) is 2.59. The zero-order valence-corrected chi connectivity index (χ0v) is 13.6. The van der Waals surface area contributed by atoms with Crippen LogP contribution in [0.4, 0.5) is 11.8 Å². The third-order valence-corrected chi connectivity index (χ3v) is 4.25. The number of anilines is 2. The van der Waals surface area contributed by atoms with E-state index in [2.05, 4.69) is 46.6 Å². The van der Waals surface area contributed by atoms with Crippen LogP contribution in [0.5, 0.6) is 0 Å². The smallest absolute Gasteiger partial charge is 0.227 e. The molecule has 0 bridgehead atoms. The largest absolute Gasteiger partial charge is 0.383 e. The van der Waals surface area contributed by atoms with Crippen LogP contribution in [-0.2, 0) is 5.41 Å². The monoisotopic (exact) mass is 326 g/mol. The first-order valence-corrected chi connectivity index (χ1v) is 7.77. The number of aromatic nitrogens is 2. The maximum atomic E-state index is 6.04. The van der Waals surface area contributed by atoms with Crippen molar-refractivity contribution in [2.24, 2.45) is 0 Å². The topological polar surface area (TPSA) is 55.0 Å². The predicted molar refractivity (Wildman–Crippen MR) is 83.5 cm³/mol. The minimum absolute atomic E-state index is 0.0451. The lowest BCUT2D eigenvalue weighted by Gasteiger charge is -2.25. The van der Waals surface area contributed by atoms with Crippen LogP contribution >= 0.6 is 15.9 Å². The van der Waals surface area contributed by atoms with Crippen molar-refractivity contribution >= 4 is 27.7 Å². The molecule has 0 atom stereocenters. The summed E-state index contributed by atoms with van der Waals surface area (Å²) in [4.78, 5) is 11.5. The second kappa shape index (κ2) is 5.65. The molecule has 1 saturated heterocycles. The average molecular weight is 327 g/mol. The van der Waals surface area contributed by atoms with Crippen LogP contribution in [0.3, 0.4) is 0 Å². The van der Waals surface area contributed by atoms with Gasteiger partial charge >= 0.3 is 0 Å². The Bertz CT molecular complexity index is 445. The summed E-state index contributed by atoms with van der Waals surface area (Å²) in [7, 11) is 0. The minimum Gasteiger partial charge on any atom is -0.383 e. The number of nitrogens with zero attached hydrogens (tertiary/aromatic N) is 3. The summed E-state index contributed by atoms with van der Waals surface area (Å²) in [6.45, 7) is 8.50. The maximum Gasteiger partial charge on any atom is 0.227 e. The number of nitrogen functional groups attached to an aromatic ring is 1. The molecule has 1 aliphatic rings. The second-order valence-corrected chi connectivity index (χ2v) is 7.02. The lowest BCUT2D eigenvalue weighted by Crippen LogP contribution is -2.28. The van der Waals surface area contributed by atoms with E-state index in [-0.39, 0.29) is 5.41 Å². The summed E-state index contributed by atoms with van der Waals surface area (Å²) in [5.41, 5.74) is 6.98.